The number of amides is 2. The van der Waals surface area contributed by atoms with E-state index in [1.165, 1.54) is 11.3 Å². The van der Waals surface area contributed by atoms with Crippen LogP contribution in [0.15, 0.2) is 29.8 Å². The standard InChI is InChI=1S/C14H15ClN4OS/c1-9(10-2-4-11(15)5-3-10)19(12-6-7-12)14(20)17-13-18-16-8-21-13/h2-5,8-9,12H,6-7H2,1H3,(H,17,18,20)/t9-/m1/s1. The summed E-state index contributed by atoms with van der Waals surface area (Å²) in [7, 11) is 0. The van der Waals surface area contributed by atoms with Crippen molar-refractivity contribution in [2.75, 3.05) is 5.32 Å². The molecule has 0 aliphatic heterocycles. The molecule has 7 heteroatoms. The van der Waals surface area contributed by atoms with Crippen molar-refractivity contribution < 1.29 is 4.79 Å². The van der Waals surface area contributed by atoms with Gasteiger partial charge in [-0.15, -0.1) is 10.2 Å². The van der Waals surface area contributed by atoms with Gasteiger partial charge >= 0.3 is 6.03 Å². The summed E-state index contributed by atoms with van der Waals surface area (Å²) in [6.45, 7) is 2.03. The Labute approximate surface area is 131 Å². The fourth-order valence-corrected chi connectivity index (χ4v) is 2.86. The number of carbonyl (C=O) groups is 1. The molecule has 0 unspecified atom stereocenters. The van der Waals surface area contributed by atoms with Gasteiger partial charge in [0.2, 0.25) is 5.13 Å². The summed E-state index contributed by atoms with van der Waals surface area (Å²) in [4.78, 5) is 14.4. The average Bonchev–Trinajstić information content (AvgIpc) is 3.16. The van der Waals surface area contributed by atoms with Crippen molar-refractivity contribution in [1.82, 2.24) is 15.1 Å². The van der Waals surface area contributed by atoms with Crippen LogP contribution in [-0.4, -0.2) is 27.2 Å². The molecule has 1 aromatic heterocycles. The summed E-state index contributed by atoms with van der Waals surface area (Å²) in [5.41, 5.74) is 2.67. The summed E-state index contributed by atoms with van der Waals surface area (Å²) in [6, 6.07) is 7.77. The molecule has 1 aliphatic carbocycles. The Balaban J connectivity index is 1.77. The maximum atomic E-state index is 12.5. The molecule has 2 aromatic rings. The van der Waals surface area contributed by atoms with E-state index in [1.54, 1.807) is 5.51 Å². The Morgan fingerprint density at radius 2 is 2.14 bits per heavy atom. The SMILES string of the molecule is C[C@H](c1ccc(Cl)cc1)N(C(=O)Nc1nncs1)C1CC1. The maximum absolute atomic E-state index is 12.5. The van der Waals surface area contributed by atoms with Crippen molar-refractivity contribution in [3.8, 4) is 0 Å². The quantitative estimate of drug-likeness (QED) is 0.927. The molecule has 0 spiro atoms. The molecule has 1 aliphatic rings. The number of nitrogens with one attached hydrogen (secondary N) is 1. The number of urea groups is 1. The lowest BCUT2D eigenvalue weighted by molar-refractivity contribution is 0.189. The van der Waals surface area contributed by atoms with E-state index in [0.717, 1.165) is 18.4 Å². The molecule has 5 nitrogen and oxygen atoms in total. The first kappa shape index (κ1) is 14.3. The van der Waals surface area contributed by atoms with Gasteiger partial charge in [0, 0.05) is 11.1 Å². The molecule has 1 saturated carbocycles. The highest BCUT2D eigenvalue weighted by molar-refractivity contribution is 7.13. The van der Waals surface area contributed by atoms with E-state index < -0.39 is 0 Å². The number of hydrogen-bond acceptors (Lipinski definition) is 4. The van der Waals surface area contributed by atoms with E-state index in [1.807, 2.05) is 36.1 Å². The van der Waals surface area contributed by atoms with Crippen LogP contribution in [-0.2, 0) is 0 Å². The maximum Gasteiger partial charge on any atom is 0.324 e. The lowest BCUT2D eigenvalue weighted by Gasteiger charge is -2.29. The van der Waals surface area contributed by atoms with E-state index in [0.29, 0.717) is 16.2 Å². The highest BCUT2D eigenvalue weighted by Gasteiger charge is 2.36. The van der Waals surface area contributed by atoms with Crippen LogP contribution in [0.4, 0.5) is 9.93 Å². The Morgan fingerprint density at radius 3 is 2.71 bits per heavy atom. The second-order valence-electron chi connectivity index (χ2n) is 5.04. The number of carbonyl (C=O) groups excluding carboxylic acids is 1. The van der Waals surface area contributed by atoms with Crippen molar-refractivity contribution in [2.24, 2.45) is 0 Å². The zero-order chi connectivity index (χ0) is 14.8. The molecular weight excluding hydrogens is 308 g/mol. The third kappa shape index (κ3) is 3.33. The van der Waals surface area contributed by atoms with Crippen molar-refractivity contribution in [3.63, 3.8) is 0 Å². The first-order valence-corrected chi connectivity index (χ1v) is 8.02. The van der Waals surface area contributed by atoms with Crippen molar-refractivity contribution in [3.05, 3.63) is 40.4 Å². The molecule has 1 atom stereocenters. The van der Waals surface area contributed by atoms with Gasteiger partial charge in [-0.1, -0.05) is 35.1 Å². The van der Waals surface area contributed by atoms with Crippen LogP contribution in [0.2, 0.25) is 5.02 Å². The molecule has 110 valence electrons. The molecule has 1 N–H and O–H groups in total. The number of benzene rings is 1. The van der Waals surface area contributed by atoms with E-state index in [9.17, 15) is 4.79 Å². The topological polar surface area (TPSA) is 58.1 Å². The highest BCUT2D eigenvalue weighted by atomic mass is 35.5. The minimum Gasteiger partial charge on any atom is -0.315 e. The van der Waals surface area contributed by atoms with Gasteiger partial charge in [0.1, 0.15) is 5.51 Å². The molecular formula is C14H15ClN4OS. The lowest BCUT2D eigenvalue weighted by Crippen LogP contribution is -2.38. The molecule has 0 saturated heterocycles. The molecule has 21 heavy (non-hydrogen) atoms. The van der Waals surface area contributed by atoms with Gasteiger partial charge in [-0.3, -0.25) is 5.32 Å². The first-order valence-electron chi connectivity index (χ1n) is 6.76. The van der Waals surface area contributed by atoms with Crippen LogP contribution < -0.4 is 5.32 Å². The molecule has 1 fully saturated rings. The predicted molar refractivity (Wildman–Crippen MR) is 83.7 cm³/mol. The van der Waals surface area contributed by atoms with Gasteiger partial charge < -0.3 is 4.90 Å². The minimum atomic E-state index is -0.128. The smallest absolute Gasteiger partial charge is 0.315 e. The monoisotopic (exact) mass is 322 g/mol. The molecule has 2 amide bonds. The number of rotatable bonds is 4. The summed E-state index contributed by atoms with van der Waals surface area (Å²) in [5.74, 6) is 0. The lowest BCUT2D eigenvalue weighted by atomic mass is 10.1. The van der Waals surface area contributed by atoms with Crippen molar-refractivity contribution in [1.29, 1.82) is 0 Å². The summed E-state index contributed by atoms with van der Waals surface area (Å²) >= 11 is 7.23. The van der Waals surface area contributed by atoms with Gasteiger partial charge in [-0.2, -0.15) is 0 Å². The first-order chi connectivity index (χ1) is 10.1. The predicted octanol–water partition coefficient (Wildman–Crippen LogP) is 3.95. The molecule has 3 rings (SSSR count). The third-order valence-electron chi connectivity index (χ3n) is 3.52. The average molecular weight is 323 g/mol. The van der Waals surface area contributed by atoms with Gasteiger partial charge in [-0.05, 0) is 37.5 Å². The normalized spacial score (nSPS) is 15.5. The second kappa shape index (κ2) is 5.99. The molecule has 1 heterocycles. The van der Waals surface area contributed by atoms with Gasteiger partial charge in [0.05, 0.1) is 6.04 Å². The fourth-order valence-electron chi connectivity index (χ4n) is 2.30. The van der Waals surface area contributed by atoms with Gasteiger partial charge in [-0.25, -0.2) is 4.79 Å². The van der Waals surface area contributed by atoms with E-state index in [2.05, 4.69) is 15.5 Å². The zero-order valence-electron chi connectivity index (χ0n) is 11.5. The van der Waals surface area contributed by atoms with Crippen LogP contribution in [0.25, 0.3) is 0 Å². The minimum absolute atomic E-state index is 0.0114. The van der Waals surface area contributed by atoms with Crippen LogP contribution >= 0.6 is 22.9 Å². The second-order valence-corrected chi connectivity index (χ2v) is 6.31. The Morgan fingerprint density at radius 1 is 1.43 bits per heavy atom. The summed E-state index contributed by atoms with van der Waals surface area (Å²) in [6.07, 6.45) is 2.09. The largest absolute Gasteiger partial charge is 0.324 e. The Hall–Kier alpha value is -1.66. The van der Waals surface area contributed by atoms with Crippen molar-refractivity contribution >= 4 is 34.1 Å². The number of nitrogens with zero attached hydrogens (tertiary/aromatic N) is 3. The zero-order valence-corrected chi connectivity index (χ0v) is 13.1. The van der Waals surface area contributed by atoms with Gasteiger partial charge in [0.15, 0.2) is 0 Å². The van der Waals surface area contributed by atoms with Crippen LogP contribution in [0, 0.1) is 0 Å². The van der Waals surface area contributed by atoms with Crippen molar-refractivity contribution in [2.45, 2.75) is 31.8 Å². The van der Waals surface area contributed by atoms with Crippen LogP contribution in [0.1, 0.15) is 31.4 Å². The molecule has 0 bridgehead atoms. The van der Waals surface area contributed by atoms with E-state index >= 15 is 0 Å². The molecule has 1 aromatic carbocycles. The third-order valence-corrected chi connectivity index (χ3v) is 4.38. The number of aromatic nitrogens is 2. The van der Waals surface area contributed by atoms with Crippen LogP contribution in [0.3, 0.4) is 0 Å². The number of anilines is 1. The van der Waals surface area contributed by atoms with E-state index in [4.69, 9.17) is 11.6 Å². The summed E-state index contributed by atoms with van der Waals surface area (Å²) < 4.78 is 0. The van der Waals surface area contributed by atoms with Gasteiger partial charge in [0.25, 0.3) is 0 Å². The number of halogens is 1. The van der Waals surface area contributed by atoms with E-state index in [-0.39, 0.29) is 12.1 Å². The molecule has 0 radical (unpaired) electrons. The highest BCUT2D eigenvalue weighted by Crippen LogP contribution is 2.35. The number of hydrogen-bond donors (Lipinski definition) is 1. The Bertz CT molecular complexity index is 612. The Kier molecular flexibility index (Phi) is 4.07. The summed E-state index contributed by atoms with van der Waals surface area (Å²) in [5, 5.41) is 11.6. The van der Waals surface area contributed by atoms with Crippen LogP contribution in [0.5, 0.6) is 0 Å². The fraction of sp³-hybridized carbons (Fsp3) is 0.357.